The van der Waals surface area contributed by atoms with Crippen LogP contribution in [0.25, 0.3) is 0 Å². The van der Waals surface area contributed by atoms with Crippen LogP contribution in [0.5, 0.6) is 0 Å². The van der Waals surface area contributed by atoms with Crippen LogP contribution in [-0.2, 0) is 9.84 Å². The summed E-state index contributed by atoms with van der Waals surface area (Å²) in [7, 11) is -2.85. The molecule has 0 aromatic rings. The van der Waals surface area contributed by atoms with Crippen LogP contribution >= 0.6 is 0 Å². The second kappa shape index (κ2) is 1.70. The molecular formula is C4H8O3S. The van der Waals surface area contributed by atoms with E-state index in [4.69, 9.17) is 5.11 Å². The first kappa shape index (κ1) is 6.04. The van der Waals surface area contributed by atoms with E-state index >= 15 is 0 Å². The molecule has 1 aliphatic rings. The predicted octanol–water partition coefficient (Wildman–Crippen LogP) is -0.834. The molecule has 1 fully saturated rings. The van der Waals surface area contributed by atoms with Crippen LogP contribution in [0, 0.1) is 0 Å². The molecule has 0 aromatic carbocycles. The normalized spacial score (nSPS) is 35.4. The Morgan fingerprint density at radius 1 is 1.50 bits per heavy atom. The minimum atomic E-state index is -2.85. The number of aliphatic hydroxyl groups excluding tert-OH is 1. The van der Waals surface area contributed by atoms with Gasteiger partial charge in [0, 0.05) is 0 Å². The van der Waals surface area contributed by atoms with E-state index in [1.807, 2.05) is 0 Å². The van der Waals surface area contributed by atoms with E-state index in [9.17, 15) is 8.42 Å². The van der Waals surface area contributed by atoms with E-state index in [1.165, 1.54) is 0 Å². The lowest BCUT2D eigenvalue weighted by Crippen LogP contribution is -2.07. The molecule has 0 bridgehead atoms. The second-order valence-electron chi connectivity index (χ2n) is 2.06. The van der Waals surface area contributed by atoms with E-state index < -0.39 is 15.9 Å². The third-order valence-corrected chi connectivity index (χ3v) is 2.96. The summed E-state index contributed by atoms with van der Waals surface area (Å²) in [6, 6.07) is 0. The minimum absolute atomic E-state index is 0.0347. The summed E-state index contributed by atoms with van der Waals surface area (Å²) < 4.78 is 21.0. The van der Waals surface area contributed by atoms with E-state index in [1.54, 1.807) is 0 Å². The first-order valence-corrected chi connectivity index (χ1v) is 4.31. The number of rotatable bonds is 0. The number of hydrogen-bond acceptors (Lipinski definition) is 3. The third-order valence-electron chi connectivity index (χ3n) is 1.21. The van der Waals surface area contributed by atoms with Gasteiger partial charge in [0.2, 0.25) is 0 Å². The first-order chi connectivity index (χ1) is 3.60. The Morgan fingerprint density at radius 3 is 2.25 bits per heavy atom. The summed E-state index contributed by atoms with van der Waals surface area (Å²) in [6.45, 7) is 0. The molecule has 1 saturated heterocycles. The number of aliphatic hydroxyl groups is 1. The second-order valence-corrected chi connectivity index (χ2v) is 4.29. The van der Waals surface area contributed by atoms with Crippen LogP contribution in [0.1, 0.15) is 6.42 Å². The Kier molecular flexibility index (Phi) is 1.28. The van der Waals surface area contributed by atoms with Crippen LogP contribution in [0.3, 0.4) is 0 Å². The van der Waals surface area contributed by atoms with Gasteiger partial charge in [-0.2, -0.15) is 0 Å². The van der Waals surface area contributed by atoms with Gasteiger partial charge in [-0.3, -0.25) is 0 Å². The van der Waals surface area contributed by atoms with Crippen molar-refractivity contribution in [1.82, 2.24) is 0 Å². The highest BCUT2D eigenvalue weighted by molar-refractivity contribution is 7.91. The number of sulfone groups is 1. The molecule has 8 heavy (non-hydrogen) atoms. The molecule has 1 N–H and O–H groups in total. The lowest BCUT2D eigenvalue weighted by molar-refractivity contribution is 0.202. The van der Waals surface area contributed by atoms with Crippen molar-refractivity contribution < 1.29 is 13.5 Å². The highest BCUT2D eigenvalue weighted by Gasteiger charge is 2.25. The van der Waals surface area contributed by atoms with Gasteiger partial charge in [-0.15, -0.1) is 0 Å². The van der Waals surface area contributed by atoms with E-state index in [2.05, 4.69) is 0 Å². The molecule has 48 valence electrons. The van der Waals surface area contributed by atoms with Crippen LogP contribution < -0.4 is 0 Å². The molecule has 1 rings (SSSR count). The van der Waals surface area contributed by atoms with Crippen molar-refractivity contribution in [2.24, 2.45) is 0 Å². The van der Waals surface area contributed by atoms with Gasteiger partial charge < -0.3 is 5.11 Å². The first-order valence-electron chi connectivity index (χ1n) is 2.49. The van der Waals surface area contributed by atoms with Crippen molar-refractivity contribution in [2.75, 3.05) is 11.5 Å². The van der Waals surface area contributed by atoms with Gasteiger partial charge in [0.1, 0.15) is 0 Å². The topological polar surface area (TPSA) is 54.4 Å². The maximum atomic E-state index is 10.5. The molecule has 0 unspecified atom stereocenters. The summed E-state index contributed by atoms with van der Waals surface area (Å²) in [5.74, 6) is 0.126. The van der Waals surface area contributed by atoms with Gasteiger partial charge in [0.05, 0.1) is 17.6 Å². The Bertz CT molecular complexity index is 170. The third kappa shape index (κ3) is 1.20. The summed E-state index contributed by atoms with van der Waals surface area (Å²) in [4.78, 5) is 0. The summed E-state index contributed by atoms with van der Waals surface area (Å²) in [6.07, 6.45) is -0.178. The zero-order valence-corrected chi connectivity index (χ0v) is 5.19. The maximum Gasteiger partial charge on any atom is 0.152 e. The van der Waals surface area contributed by atoms with E-state index in [0.717, 1.165) is 0 Å². The highest BCUT2D eigenvalue weighted by Crippen LogP contribution is 2.09. The van der Waals surface area contributed by atoms with Gasteiger partial charge in [-0.25, -0.2) is 8.42 Å². The smallest absolute Gasteiger partial charge is 0.152 e. The van der Waals surface area contributed by atoms with Gasteiger partial charge in [0.25, 0.3) is 0 Å². The standard InChI is InChI=1S/C4H8O3S/c5-4-1-2-8(6,7)3-4/h4-5H,1-3H2/t4-/m0/s1/i5+2. The van der Waals surface area contributed by atoms with Crippen molar-refractivity contribution >= 4 is 9.84 Å². The lowest BCUT2D eigenvalue weighted by Gasteiger charge is -1.90. The molecular weight excluding hydrogens is 130 g/mol. The van der Waals surface area contributed by atoms with E-state index in [-0.39, 0.29) is 11.5 Å². The minimum Gasteiger partial charge on any atom is -0.392 e. The molecule has 1 aliphatic heterocycles. The van der Waals surface area contributed by atoms with Crippen molar-refractivity contribution in [3.05, 3.63) is 0 Å². The zero-order chi connectivity index (χ0) is 6.20. The number of hydrogen-bond donors (Lipinski definition) is 1. The Morgan fingerprint density at radius 2 is 2.12 bits per heavy atom. The fraction of sp³-hybridized carbons (Fsp3) is 1.00. The largest absolute Gasteiger partial charge is 0.392 e. The molecule has 0 aliphatic carbocycles. The monoisotopic (exact) mass is 138 g/mol. The van der Waals surface area contributed by atoms with Crippen molar-refractivity contribution in [1.29, 1.82) is 0 Å². The van der Waals surface area contributed by atoms with Gasteiger partial charge in [-0.1, -0.05) is 0 Å². The average Bonchev–Trinajstić information content (AvgIpc) is 1.82. The van der Waals surface area contributed by atoms with Crippen LogP contribution in [0.2, 0.25) is 0 Å². The van der Waals surface area contributed by atoms with Crippen molar-refractivity contribution in [2.45, 2.75) is 12.5 Å². The molecule has 1 heterocycles. The fourth-order valence-corrected chi connectivity index (χ4v) is 2.33. The zero-order valence-electron chi connectivity index (χ0n) is 4.37. The Labute approximate surface area is 48.2 Å². The van der Waals surface area contributed by atoms with Gasteiger partial charge >= 0.3 is 0 Å². The maximum absolute atomic E-state index is 10.5. The molecule has 4 heteroatoms. The lowest BCUT2D eigenvalue weighted by atomic mass is 10.3. The van der Waals surface area contributed by atoms with Crippen molar-refractivity contribution in [3.8, 4) is 0 Å². The van der Waals surface area contributed by atoms with Gasteiger partial charge in [-0.05, 0) is 6.42 Å². The average molecular weight is 138 g/mol. The quantitative estimate of drug-likeness (QED) is 0.444. The van der Waals surface area contributed by atoms with Crippen molar-refractivity contribution in [3.63, 3.8) is 0 Å². The van der Waals surface area contributed by atoms with Crippen LogP contribution in [0.4, 0.5) is 0 Å². The molecule has 3 nitrogen and oxygen atoms in total. The molecule has 0 aromatic heterocycles. The Balaban J connectivity index is 2.71. The summed E-state index contributed by atoms with van der Waals surface area (Å²) in [5.41, 5.74) is 0. The Hall–Kier alpha value is -0.0900. The predicted molar refractivity (Wildman–Crippen MR) is 29.3 cm³/mol. The molecule has 1 atom stereocenters. The molecule has 0 amide bonds. The van der Waals surface area contributed by atoms with E-state index in [0.29, 0.717) is 6.42 Å². The molecule has 0 saturated carbocycles. The molecule has 0 spiro atoms. The summed E-state index contributed by atoms with van der Waals surface area (Å²) in [5, 5.41) is 8.69. The van der Waals surface area contributed by atoms with Crippen LogP contribution in [-0.4, -0.2) is 31.1 Å². The summed E-state index contributed by atoms with van der Waals surface area (Å²) >= 11 is 0. The highest BCUT2D eigenvalue weighted by atomic mass is 32.2. The molecule has 0 radical (unpaired) electrons. The SMILES string of the molecule is O=S1(=O)CC[C@H]([18OH])C1. The fourth-order valence-electron chi connectivity index (χ4n) is 0.775. The van der Waals surface area contributed by atoms with Gasteiger partial charge in [0.15, 0.2) is 9.84 Å². The van der Waals surface area contributed by atoms with Crippen LogP contribution in [0.15, 0.2) is 0 Å².